The van der Waals surface area contributed by atoms with Crippen molar-refractivity contribution in [2.45, 2.75) is 26.7 Å². The zero-order valence-electron chi connectivity index (χ0n) is 20.4. The van der Waals surface area contributed by atoms with Crippen molar-refractivity contribution >= 4 is 28.9 Å². The molecule has 2 amide bonds. The molecule has 0 saturated carbocycles. The van der Waals surface area contributed by atoms with Gasteiger partial charge < -0.3 is 15.1 Å². The van der Waals surface area contributed by atoms with E-state index in [-0.39, 0.29) is 28.3 Å². The maximum absolute atomic E-state index is 13.1. The van der Waals surface area contributed by atoms with Gasteiger partial charge in [0.1, 0.15) is 5.69 Å². The van der Waals surface area contributed by atoms with E-state index >= 15 is 0 Å². The maximum Gasteiger partial charge on any atom is 0.292 e. The van der Waals surface area contributed by atoms with Crippen LogP contribution in [0.3, 0.4) is 0 Å². The van der Waals surface area contributed by atoms with Crippen LogP contribution in [0.4, 0.5) is 17.1 Å². The number of nitro groups is 1. The van der Waals surface area contributed by atoms with Crippen molar-refractivity contribution in [3.05, 3.63) is 63.7 Å². The molecular weight excluding hydrogens is 446 g/mol. The molecule has 35 heavy (non-hydrogen) atoms. The normalized spacial score (nSPS) is 17.3. The lowest BCUT2D eigenvalue weighted by Gasteiger charge is -2.38. The molecule has 0 atom stereocenters. The monoisotopic (exact) mass is 479 g/mol. The van der Waals surface area contributed by atoms with Crippen LogP contribution < -0.4 is 10.2 Å². The molecule has 2 aromatic carbocycles. The Morgan fingerprint density at radius 2 is 1.66 bits per heavy atom. The highest BCUT2D eigenvalue weighted by molar-refractivity contribution is 5.93. The minimum atomic E-state index is -0.353. The molecule has 2 heterocycles. The predicted octanol–water partition coefficient (Wildman–Crippen LogP) is 3.21. The van der Waals surface area contributed by atoms with E-state index in [1.807, 2.05) is 41.8 Å². The van der Waals surface area contributed by atoms with Gasteiger partial charge in [-0.25, -0.2) is 0 Å². The van der Waals surface area contributed by atoms with Gasteiger partial charge in [0.05, 0.1) is 11.5 Å². The van der Waals surface area contributed by atoms with Crippen molar-refractivity contribution in [1.82, 2.24) is 9.80 Å². The van der Waals surface area contributed by atoms with Crippen LogP contribution in [0.5, 0.6) is 0 Å². The molecule has 2 aromatic rings. The molecule has 0 unspecified atom stereocenters. The number of amides is 2. The topological polar surface area (TPSA) is 99.0 Å². The lowest BCUT2D eigenvalue weighted by molar-refractivity contribution is -0.384. The number of nitrogens with zero attached hydrogens (tertiary/aromatic N) is 4. The zero-order chi connectivity index (χ0) is 24.9. The van der Waals surface area contributed by atoms with E-state index in [2.05, 4.69) is 10.2 Å². The van der Waals surface area contributed by atoms with Crippen LogP contribution in [0.25, 0.3) is 0 Å². The Labute approximate surface area is 205 Å². The summed E-state index contributed by atoms with van der Waals surface area (Å²) in [4.78, 5) is 42.6. The summed E-state index contributed by atoms with van der Waals surface area (Å²) in [6.45, 7) is 8.14. The molecule has 9 nitrogen and oxygen atoms in total. The Bertz CT molecular complexity index is 1090. The van der Waals surface area contributed by atoms with Crippen molar-refractivity contribution in [2.75, 3.05) is 56.0 Å². The summed E-state index contributed by atoms with van der Waals surface area (Å²) in [6, 6.07) is 12.7. The molecule has 2 saturated heterocycles. The quantitative estimate of drug-likeness (QED) is 0.505. The van der Waals surface area contributed by atoms with E-state index in [1.54, 1.807) is 18.2 Å². The van der Waals surface area contributed by atoms with Gasteiger partial charge in [0.15, 0.2) is 0 Å². The summed E-state index contributed by atoms with van der Waals surface area (Å²) >= 11 is 0. The van der Waals surface area contributed by atoms with Crippen molar-refractivity contribution in [3.8, 4) is 0 Å². The average Bonchev–Trinajstić information content (AvgIpc) is 2.87. The first-order valence-electron chi connectivity index (χ1n) is 12.2. The highest BCUT2D eigenvalue weighted by atomic mass is 16.6. The van der Waals surface area contributed by atoms with Gasteiger partial charge in [-0.15, -0.1) is 0 Å². The molecule has 9 heteroatoms. The number of nitro benzene ring substituents is 1. The number of piperidine rings is 1. The number of anilines is 2. The Morgan fingerprint density at radius 1 is 0.971 bits per heavy atom. The second kappa shape index (κ2) is 10.9. The van der Waals surface area contributed by atoms with E-state index in [0.717, 1.165) is 16.8 Å². The lowest BCUT2D eigenvalue weighted by atomic mass is 9.94. The second-order valence-electron chi connectivity index (χ2n) is 9.40. The molecular formula is C26H33N5O4. The molecule has 186 valence electrons. The third-order valence-corrected chi connectivity index (χ3v) is 7.19. The molecule has 0 bridgehead atoms. The van der Waals surface area contributed by atoms with Gasteiger partial charge in [-0.05, 0) is 49.9 Å². The minimum absolute atomic E-state index is 0.0409. The summed E-state index contributed by atoms with van der Waals surface area (Å²) in [6.07, 6.45) is 1.37. The average molecular weight is 480 g/mol. The van der Waals surface area contributed by atoms with E-state index in [9.17, 15) is 19.7 Å². The van der Waals surface area contributed by atoms with Crippen LogP contribution in [0.1, 0.15) is 24.0 Å². The number of nitrogens with one attached hydrogen (secondary N) is 1. The maximum atomic E-state index is 13.1. The number of piperazine rings is 1. The largest absolute Gasteiger partial charge is 0.366 e. The summed E-state index contributed by atoms with van der Waals surface area (Å²) in [7, 11) is 0. The van der Waals surface area contributed by atoms with Crippen LogP contribution in [-0.4, -0.2) is 72.4 Å². The van der Waals surface area contributed by atoms with Gasteiger partial charge in [-0.1, -0.05) is 24.3 Å². The van der Waals surface area contributed by atoms with Crippen LogP contribution in [0.15, 0.2) is 42.5 Å². The van der Waals surface area contributed by atoms with Crippen molar-refractivity contribution in [2.24, 2.45) is 5.92 Å². The number of carbonyl (C=O) groups is 2. The number of hydrogen-bond acceptors (Lipinski definition) is 6. The van der Waals surface area contributed by atoms with Gasteiger partial charge in [-0.3, -0.25) is 24.6 Å². The summed E-state index contributed by atoms with van der Waals surface area (Å²) < 4.78 is 0. The van der Waals surface area contributed by atoms with Gasteiger partial charge in [0.25, 0.3) is 5.69 Å². The van der Waals surface area contributed by atoms with Gasteiger partial charge in [0, 0.05) is 56.9 Å². The van der Waals surface area contributed by atoms with Gasteiger partial charge in [0.2, 0.25) is 11.8 Å². The fourth-order valence-corrected chi connectivity index (χ4v) is 4.92. The number of rotatable bonds is 6. The predicted molar refractivity (Wildman–Crippen MR) is 136 cm³/mol. The number of para-hydroxylation sites is 2. The molecule has 2 fully saturated rings. The first-order valence-corrected chi connectivity index (χ1v) is 12.2. The molecule has 0 spiro atoms. The zero-order valence-corrected chi connectivity index (χ0v) is 20.4. The minimum Gasteiger partial charge on any atom is -0.366 e. The third-order valence-electron chi connectivity index (χ3n) is 7.19. The molecule has 0 aromatic heterocycles. The van der Waals surface area contributed by atoms with Crippen LogP contribution in [0, 0.1) is 29.9 Å². The van der Waals surface area contributed by atoms with E-state index < -0.39 is 0 Å². The molecule has 1 N–H and O–H groups in total. The van der Waals surface area contributed by atoms with Gasteiger partial charge in [-0.2, -0.15) is 0 Å². The Morgan fingerprint density at radius 3 is 2.34 bits per heavy atom. The number of aryl methyl sites for hydroxylation is 1. The van der Waals surface area contributed by atoms with E-state index in [0.29, 0.717) is 64.3 Å². The number of benzene rings is 2. The van der Waals surface area contributed by atoms with Crippen molar-refractivity contribution in [1.29, 1.82) is 0 Å². The van der Waals surface area contributed by atoms with Crippen molar-refractivity contribution < 1.29 is 14.5 Å². The highest BCUT2D eigenvalue weighted by Crippen LogP contribution is 2.31. The Balaban J connectivity index is 1.24. The van der Waals surface area contributed by atoms with E-state index in [4.69, 9.17) is 0 Å². The first kappa shape index (κ1) is 24.7. The fraction of sp³-hybridized carbons (Fsp3) is 0.462. The standard InChI is InChI=1S/C26H33N5O4/c1-19-6-5-7-22(20(19)2)27-25(32)18-28-14-16-30(17-15-28)26(33)21-10-12-29(13-11-21)23-8-3-4-9-24(23)31(34)35/h3-9,21H,10-18H2,1-2H3,(H,27,32). The highest BCUT2D eigenvalue weighted by Gasteiger charge is 2.32. The molecule has 0 aliphatic carbocycles. The fourth-order valence-electron chi connectivity index (χ4n) is 4.92. The number of carbonyl (C=O) groups excluding carboxylic acids is 2. The van der Waals surface area contributed by atoms with Crippen molar-refractivity contribution in [3.63, 3.8) is 0 Å². The number of hydrogen-bond donors (Lipinski definition) is 1. The molecule has 2 aliphatic rings. The molecule has 4 rings (SSSR count). The van der Waals surface area contributed by atoms with Crippen LogP contribution in [-0.2, 0) is 9.59 Å². The summed E-state index contributed by atoms with van der Waals surface area (Å²) in [5.74, 6) is 0.0562. The molecule has 2 aliphatic heterocycles. The SMILES string of the molecule is Cc1cccc(NC(=O)CN2CCN(C(=O)C3CCN(c4ccccc4[N+](=O)[O-])CC3)CC2)c1C. The third kappa shape index (κ3) is 5.79. The van der Waals surface area contributed by atoms with Gasteiger partial charge >= 0.3 is 0 Å². The first-order chi connectivity index (χ1) is 16.8. The summed E-state index contributed by atoms with van der Waals surface area (Å²) in [5, 5.41) is 14.4. The smallest absolute Gasteiger partial charge is 0.292 e. The van der Waals surface area contributed by atoms with Crippen LogP contribution >= 0.6 is 0 Å². The van der Waals surface area contributed by atoms with E-state index in [1.165, 1.54) is 6.07 Å². The Hall–Kier alpha value is -3.46. The second-order valence-corrected chi connectivity index (χ2v) is 9.40. The molecule has 0 radical (unpaired) electrons. The van der Waals surface area contributed by atoms with Crippen LogP contribution in [0.2, 0.25) is 0 Å². The summed E-state index contributed by atoms with van der Waals surface area (Å²) in [5.41, 5.74) is 3.79. The lowest BCUT2D eigenvalue weighted by Crippen LogP contribution is -2.52. The Kier molecular flexibility index (Phi) is 7.65.